The predicted octanol–water partition coefficient (Wildman–Crippen LogP) is 7.38. The number of likely N-dealkylation sites (N-methyl/N-ethyl adjacent to an activating group) is 2. The van der Waals surface area contributed by atoms with Gasteiger partial charge in [0.2, 0.25) is 0 Å². The largest absolute Gasteiger partial charge is 0.377 e. The number of hydrogen-bond donors (Lipinski definition) is 4. The maximum absolute atomic E-state index is 13.6. The molecule has 4 aliphatic heterocycles. The molecule has 0 saturated carbocycles. The number of rotatable bonds is 31. The molecule has 4 aromatic rings. The topological polar surface area (TPSA) is 173 Å². The molecular weight excluding hydrogens is 1130 g/mol. The molecule has 0 aromatic heterocycles. The van der Waals surface area contributed by atoms with E-state index in [-0.39, 0.29) is 35.7 Å². The molecule has 18 nitrogen and oxygen atoms in total. The van der Waals surface area contributed by atoms with Crippen molar-refractivity contribution in [1.82, 2.24) is 50.7 Å². The van der Waals surface area contributed by atoms with Crippen molar-refractivity contribution in [2.45, 2.75) is 50.9 Å². The summed E-state index contributed by atoms with van der Waals surface area (Å²) in [6.45, 7) is 13.3. The van der Waals surface area contributed by atoms with Crippen LogP contribution in [0.1, 0.15) is 89.9 Å². The van der Waals surface area contributed by atoms with Gasteiger partial charge in [0.15, 0.2) is 0 Å². The fourth-order valence-electron chi connectivity index (χ4n) is 10.9. The van der Waals surface area contributed by atoms with Crippen LogP contribution in [0.2, 0.25) is 20.1 Å². The van der Waals surface area contributed by atoms with E-state index >= 15 is 0 Å². The number of nitrogens with zero attached hydrogens (tertiary/aromatic N) is 6. The van der Waals surface area contributed by atoms with Crippen molar-refractivity contribution < 1.29 is 38.1 Å². The highest BCUT2D eigenvalue weighted by Gasteiger charge is 2.34. The number of amides is 6. The average Bonchev–Trinajstić information content (AvgIpc) is 4.02. The van der Waals surface area contributed by atoms with Crippen LogP contribution in [-0.2, 0) is 45.1 Å². The number of nitrogens with one attached hydrogen (secondary N) is 4. The van der Waals surface area contributed by atoms with Crippen LogP contribution in [0.15, 0.2) is 60.7 Å². The Balaban J connectivity index is 0.596. The van der Waals surface area contributed by atoms with Crippen molar-refractivity contribution in [2.24, 2.45) is 0 Å². The lowest BCUT2D eigenvalue weighted by Gasteiger charge is -2.36. The summed E-state index contributed by atoms with van der Waals surface area (Å²) in [5.41, 5.74) is 10.0. The lowest BCUT2D eigenvalue weighted by molar-refractivity contribution is 0.0377. The molecule has 446 valence electrons. The number of halogens is 4. The van der Waals surface area contributed by atoms with E-state index < -0.39 is 0 Å². The highest BCUT2D eigenvalue weighted by atomic mass is 35.5. The number of benzene rings is 4. The van der Waals surface area contributed by atoms with Crippen molar-refractivity contribution in [3.8, 4) is 0 Å². The predicted molar refractivity (Wildman–Crippen MR) is 322 cm³/mol. The first-order valence-corrected chi connectivity index (χ1v) is 30.0. The summed E-state index contributed by atoms with van der Waals surface area (Å²) in [7, 11) is 8.29. The molecular formula is C60H80Cl4N10O8. The minimum absolute atomic E-state index is 0.000629. The lowest BCUT2D eigenvalue weighted by Crippen LogP contribution is -2.39. The first-order valence-electron chi connectivity index (χ1n) is 28.5. The highest BCUT2D eigenvalue weighted by molar-refractivity contribution is 6.35. The van der Waals surface area contributed by atoms with E-state index in [0.717, 1.165) is 108 Å². The molecule has 4 aliphatic rings. The van der Waals surface area contributed by atoms with Crippen LogP contribution in [0, 0.1) is 0 Å². The van der Waals surface area contributed by atoms with E-state index in [0.29, 0.717) is 138 Å². The molecule has 4 aromatic carbocycles. The van der Waals surface area contributed by atoms with Crippen LogP contribution in [-0.4, -0.2) is 213 Å². The van der Waals surface area contributed by atoms with Crippen molar-refractivity contribution in [3.05, 3.63) is 136 Å². The summed E-state index contributed by atoms with van der Waals surface area (Å²) >= 11 is 26.4. The van der Waals surface area contributed by atoms with Crippen LogP contribution in [0.25, 0.3) is 0 Å². The Bertz CT molecular complexity index is 2640. The number of urea groups is 2. The normalized spacial score (nSPS) is 16.9. The minimum Gasteiger partial charge on any atom is -0.377 e. The van der Waals surface area contributed by atoms with Crippen molar-refractivity contribution in [1.29, 1.82) is 0 Å². The molecule has 4 heterocycles. The second-order valence-corrected chi connectivity index (χ2v) is 23.6. The summed E-state index contributed by atoms with van der Waals surface area (Å²) < 4.78 is 22.8. The van der Waals surface area contributed by atoms with E-state index in [1.165, 1.54) is 0 Å². The van der Waals surface area contributed by atoms with E-state index in [4.69, 9.17) is 65.4 Å². The van der Waals surface area contributed by atoms with Crippen LogP contribution >= 0.6 is 46.4 Å². The van der Waals surface area contributed by atoms with E-state index in [1.807, 2.05) is 46.2 Å². The molecule has 4 N–H and O–H groups in total. The van der Waals surface area contributed by atoms with Crippen molar-refractivity contribution in [2.75, 3.05) is 160 Å². The number of fused-ring (bicyclic) bond motifs is 4. The quantitative estimate of drug-likeness (QED) is 0.0370. The second-order valence-electron chi connectivity index (χ2n) is 21.9. The van der Waals surface area contributed by atoms with E-state index in [2.05, 4.69) is 93.3 Å². The molecule has 0 aliphatic carbocycles. The Morgan fingerprint density at radius 1 is 0.500 bits per heavy atom. The number of unbranched alkanes of at least 4 members (excludes halogenated alkanes) is 1. The summed E-state index contributed by atoms with van der Waals surface area (Å²) in [4.78, 5) is 64.4. The summed E-state index contributed by atoms with van der Waals surface area (Å²) in [5.74, 6) is 0.0761. The number of carbonyl (C=O) groups excluding carboxylic acids is 4. The maximum Gasteiger partial charge on any atom is 0.314 e. The lowest BCUT2D eigenvalue weighted by atomic mass is 9.83. The van der Waals surface area contributed by atoms with E-state index in [1.54, 1.807) is 0 Å². The van der Waals surface area contributed by atoms with Gasteiger partial charge in [-0.1, -0.05) is 70.7 Å². The fraction of sp³-hybridized carbons (Fsp3) is 0.533. The van der Waals surface area contributed by atoms with Crippen LogP contribution in [0.3, 0.4) is 0 Å². The highest BCUT2D eigenvalue weighted by Crippen LogP contribution is 2.42. The smallest absolute Gasteiger partial charge is 0.314 e. The Hall–Kier alpha value is -4.80. The standard InChI is InChI=1S/C60H80Cl4N10O8/c1-69(2)15-17-71-37-51(49-31-45(61)33-55(63)53(49)39-71)41-7-9-43-35-73(57(75)47(43)29-41)19-23-81-27-25-79-21-13-67-59(77)65-11-5-6-12-66-60(78)68-14-22-80-26-28-82-24-20-74-36-44-10-8-42(30-48(44)58(74)76)52-38-72(18-16-70(3)4)40-54-50(52)32-46(62)34-56(54)64/h7-10,29-34,51-52H,5-6,11-28,35-40H2,1-4H3,(H2,65,67,77)(H2,66,68,78). The zero-order chi connectivity index (χ0) is 58.1. The third kappa shape index (κ3) is 17.9. The van der Waals surface area contributed by atoms with Gasteiger partial charge in [-0.25, -0.2) is 9.59 Å². The molecule has 82 heavy (non-hydrogen) atoms. The van der Waals surface area contributed by atoms with Gasteiger partial charge in [-0.3, -0.25) is 19.4 Å². The van der Waals surface area contributed by atoms with Gasteiger partial charge in [-0.05, 0) is 122 Å². The molecule has 2 unspecified atom stereocenters. The summed E-state index contributed by atoms with van der Waals surface area (Å²) in [6.07, 6.45) is 1.38. The molecule has 0 saturated heterocycles. The van der Waals surface area contributed by atoms with Crippen molar-refractivity contribution in [3.63, 3.8) is 0 Å². The fourth-order valence-corrected chi connectivity index (χ4v) is 12.0. The molecule has 0 spiro atoms. The SMILES string of the molecule is CN(C)CCN1Cc2c(Cl)cc(Cl)cc2C(c2ccc3c(c2)C(=O)N(CCOCCOCCNC(=O)NCCCCNC(=O)NCCOCCOCCN2Cc4ccc(C5CN(CCN(C)C)Cc6c(Cl)cc(Cl)cc65)cc4C2=O)C3)C1. The maximum atomic E-state index is 13.6. The third-order valence-corrected chi connectivity index (χ3v) is 16.4. The van der Waals surface area contributed by atoms with Crippen LogP contribution in [0.5, 0.6) is 0 Å². The average molecular weight is 1210 g/mol. The Morgan fingerprint density at radius 2 is 0.890 bits per heavy atom. The molecule has 0 radical (unpaired) electrons. The number of hydrogen-bond acceptors (Lipinski definition) is 12. The third-order valence-electron chi connectivity index (χ3n) is 15.3. The number of ether oxygens (including phenoxy) is 4. The summed E-state index contributed by atoms with van der Waals surface area (Å²) in [5, 5.41) is 13.8. The van der Waals surface area contributed by atoms with Gasteiger partial charge in [0.1, 0.15) is 0 Å². The zero-order valence-electron chi connectivity index (χ0n) is 47.8. The molecule has 22 heteroatoms. The Morgan fingerprint density at radius 3 is 1.29 bits per heavy atom. The molecule has 0 bridgehead atoms. The summed E-state index contributed by atoms with van der Waals surface area (Å²) in [6, 6.07) is 19.6. The zero-order valence-corrected chi connectivity index (χ0v) is 50.8. The van der Waals surface area contributed by atoms with Gasteiger partial charge in [-0.2, -0.15) is 0 Å². The first-order chi connectivity index (χ1) is 39.6. The Labute approximate surface area is 503 Å². The van der Waals surface area contributed by atoms with Gasteiger partial charge in [0, 0.05) is 148 Å². The molecule has 0 fully saturated rings. The van der Waals surface area contributed by atoms with Gasteiger partial charge in [0.25, 0.3) is 11.8 Å². The van der Waals surface area contributed by atoms with Gasteiger partial charge >= 0.3 is 12.1 Å². The van der Waals surface area contributed by atoms with Crippen LogP contribution in [0.4, 0.5) is 9.59 Å². The molecule has 8 rings (SSSR count). The Kier molecular flexibility index (Phi) is 24.2. The van der Waals surface area contributed by atoms with E-state index in [9.17, 15) is 19.2 Å². The van der Waals surface area contributed by atoms with Gasteiger partial charge in [-0.15, -0.1) is 0 Å². The monoisotopic (exact) mass is 1210 g/mol. The molecule has 2 atom stereocenters. The second kappa shape index (κ2) is 31.4. The van der Waals surface area contributed by atoms with Crippen LogP contribution < -0.4 is 21.3 Å². The number of carbonyl (C=O) groups is 4. The molecule has 6 amide bonds. The van der Waals surface area contributed by atoms with Crippen molar-refractivity contribution >= 4 is 70.3 Å². The van der Waals surface area contributed by atoms with Gasteiger partial charge < -0.3 is 59.8 Å². The first kappa shape index (κ1) is 63.2. The minimum atomic E-state index is -0.288. The van der Waals surface area contributed by atoms with Gasteiger partial charge in [0.05, 0.1) is 52.9 Å².